The number of imidazole rings is 1. The molecule has 0 radical (unpaired) electrons. The first-order valence-electron chi connectivity index (χ1n) is 9.68. The summed E-state index contributed by atoms with van der Waals surface area (Å²) in [5, 5.41) is 3.04. The number of hydrogen-bond donors (Lipinski definition) is 3. The van der Waals surface area contributed by atoms with E-state index in [-0.39, 0.29) is 11.6 Å². The molecule has 6 rings (SSSR count). The Morgan fingerprint density at radius 2 is 1.73 bits per heavy atom. The number of aromatic nitrogens is 2. The summed E-state index contributed by atoms with van der Waals surface area (Å²) in [6.45, 7) is 0.503. The summed E-state index contributed by atoms with van der Waals surface area (Å²) in [4.78, 5) is 29.2. The first-order valence-corrected chi connectivity index (χ1v) is 10.7. The third-order valence-electron chi connectivity index (χ3n) is 6.56. The summed E-state index contributed by atoms with van der Waals surface area (Å²) in [6.07, 6.45) is 8.30. The lowest BCUT2D eigenvalue weighted by Crippen LogP contribution is -2.49. The molecule has 0 aliphatic heterocycles. The van der Waals surface area contributed by atoms with Crippen molar-refractivity contribution in [3.8, 4) is 0 Å². The van der Waals surface area contributed by atoms with Gasteiger partial charge in [0.25, 0.3) is 0 Å². The minimum Gasteiger partial charge on any atom is -0.351 e. The summed E-state index contributed by atoms with van der Waals surface area (Å²) in [7, 11) is 0. The van der Waals surface area contributed by atoms with Crippen LogP contribution in [0.25, 0.3) is 11.0 Å². The van der Waals surface area contributed by atoms with Crippen LogP contribution in [0.1, 0.15) is 44.1 Å². The molecule has 4 aliphatic carbocycles. The standard InChI is InChI=1S/C20H25N3O2S/c24-18(21-10-12-1-2-16-17(6-12)23-19(25)22-16)11-26-20-7-13-3-14(8-20)5-15(4-13)9-20/h1-2,6,13-15H,3-5,7-11H2,(H,21,24)(H2,22,23,25). The van der Waals surface area contributed by atoms with Gasteiger partial charge in [0.15, 0.2) is 0 Å². The maximum absolute atomic E-state index is 12.4. The van der Waals surface area contributed by atoms with Crippen molar-refractivity contribution < 1.29 is 4.79 Å². The second-order valence-electron chi connectivity index (χ2n) is 8.63. The number of amides is 1. The van der Waals surface area contributed by atoms with Crippen LogP contribution in [0.5, 0.6) is 0 Å². The van der Waals surface area contributed by atoms with Crippen molar-refractivity contribution in [2.75, 3.05) is 5.75 Å². The predicted octanol–water partition coefficient (Wildman–Crippen LogP) is 3.17. The van der Waals surface area contributed by atoms with Gasteiger partial charge in [-0.25, -0.2) is 4.79 Å². The Bertz CT molecular complexity index is 865. The smallest absolute Gasteiger partial charge is 0.323 e. The molecule has 4 aliphatic rings. The molecule has 2 aromatic rings. The first kappa shape index (κ1) is 16.5. The van der Waals surface area contributed by atoms with Crippen LogP contribution in [0.3, 0.4) is 0 Å². The minimum absolute atomic E-state index is 0.119. The molecule has 138 valence electrons. The lowest BCUT2D eigenvalue weighted by molar-refractivity contribution is -0.118. The summed E-state index contributed by atoms with van der Waals surface area (Å²) < 4.78 is 0.385. The molecule has 4 fully saturated rings. The van der Waals surface area contributed by atoms with Gasteiger partial charge in [0.1, 0.15) is 0 Å². The van der Waals surface area contributed by atoms with Crippen molar-refractivity contribution in [3.05, 3.63) is 34.2 Å². The lowest BCUT2D eigenvalue weighted by atomic mass is 9.56. The fourth-order valence-corrected chi connectivity index (χ4v) is 7.47. The second-order valence-corrected chi connectivity index (χ2v) is 10.1. The van der Waals surface area contributed by atoms with Crippen LogP contribution in [0.15, 0.2) is 23.0 Å². The summed E-state index contributed by atoms with van der Waals surface area (Å²) >= 11 is 1.92. The number of aromatic amines is 2. The number of hydrogen-bond acceptors (Lipinski definition) is 3. The third kappa shape index (κ3) is 3.08. The van der Waals surface area contributed by atoms with Gasteiger partial charge in [0, 0.05) is 11.3 Å². The van der Waals surface area contributed by atoms with Crippen molar-refractivity contribution in [3.63, 3.8) is 0 Å². The average molecular weight is 372 g/mol. The molecule has 26 heavy (non-hydrogen) atoms. The predicted molar refractivity (Wildman–Crippen MR) is 104 cm³/mol. The molecule has 1 aromatic carbocycles. The van der Waals surface area contributed by atoms with E-state index in [1.807, 2.05) is 30.0 Å². The molecule has 6 heteroatoms. The average Bonchev–Trinajstić information content (AvgIpc) is 2.96. The zero-order valence-electron chi connectivity index (χ0n) is 14.8. The van der Waals surface area contributed by atoms with Gasteiger partial charge in [0.2, 0.25) is 5.91 Å². The van der Waals surface area contributed by atoms with Crippen molar-refractivity contribution in [1.82, 2.24) is 15.3 Å². The Balaban J connectivity index is 1.17. The van der Waals surface area contributed by atoms with Crippen LogP contribution < -0.4 is 11.0 Å². The van der Waals surface area contributed by atoms with Crippen LogP contribution >= 0.6 is 11.8 Å². The molecular weight excluding hydrogens is 346 g/mol. The van der Waals surface area contributed by atoms with E-state index < -0.39 is 0 Å². The van der Waals surface area contributed by atoms with Crippen LogP contribution in [-0.2, 0) is 11.3 Å². The van der Waals surface area contributed by atoms with E-state index in [1.54, 1.807) is 0 Å². The Labute approximate surface area is 156 Å². The van der Waals surface area contributed by atoms with Crippen LogP contribution in [-0.4, -0.2) is 26.4 Å². The van der Waals surface area contributed by atoms with Crippen molar-refractivity contribution in [1.29, 1.82) is 0 Å². The van der Waals surface area contributed by atoms with E-state index >= 15 is 0 Å². The Kier molecular flexibility index (Phi) is 3.92. The number of benzene rings is 1. The van der Waals surface area contributed by atoms with E-state index in [1.165, 1.54) is 38.5 Å². The van der Waals surface area contributed by atoms with E-state index in [0.717, 1.165) is 34.4 Å². The van der Waals surface area contributed by atoms with E-state index in [4.69, 9.17) is 0 Å². The number of carbonyl (C=O) groups excluding carboxylic acids is 1. The molecule has 1 amide bonds. The maximum Gasteiger partial charge on any atom is 0.323 e. The molecule has 0 spiro atoms. The molecule has 4 bridgehead atoms. The third-order valence-corrected chi connectivity index (χ3v) is 8.08. The van der Waals surface area contributed by atoms with E-state index in [0.29, 0.717) is 17.0 Å². The SMILES string of the molecule is O=C(CSC12CC3CC(CC(C3)C1)C2)NCc1ccc2[nH]c(=O)[nH]c2c1. The minimum atomic E-state index is -0.201. The van der Waals surface area contributed by atoms with Crippen molar-refractivity contribution >= 4 is 28.7 Å². The van der Waals surface area contributed by atoms with E-state index in [2.05, 4.69) is 15.3 Å². The molecule has 3 N–H and O–H groups in total. The highest BCUT2D eigenvalue weighted by Gasteiger charge is 2.51. The Hall–Kier alpha value is -1.69. The van der Waals surface area contributed by atoms with Gasteiger partial charge >= 0.3 is 5.69 Å². The molecule has 0 atom stereocenters. The highest BCUT2D eigenvalue weighted by Crippen LogP contribution is 2.60. The van der Waals surface area contributed by atoms with Gasteiger partial charge in [-0.2, -0.15) is 0 Å². The van der Waals surface area contributed by atoms with Crippen LogP contribution in [0.2, 0.25) is 0 Å². The van der Waals surface area contributed by atoms with Gasteiger partial charge in [-0.05, 0) is 74.0 Å². The zero-order valence-corrected chi connectivity index (χ0v) is 15.7. The molecule has 0 saturated heterocycles. The number of carbonyl (C=O) groups is 1. The van der Waals surface area contributed by atoms with Crippen molar-refractivity contribution in [2.45, 2.75) is 49.8 Å². The van der Waals surface area contributed by atoms with Gasteiger partial charge < -0.3 is 15.3 Å². The topological polar surface area (TPSA) is 77.8 Å². The quantitative estimate of drug-likeness (QED) is 0.755. The number of H-pyrrole nitrogens is 2. The summed E-state index contributed by atoms with van der Waals surface area (Å²) in [5.41, 5.74) is 2.38. The number of nitrogens with one attached hydrogen (secondary N) is 3. The van der Waals surface area contributed by atoms with Gasteiger partial charge in [-0.3, -0.25) is 4.79 Å². The van der Waals surface area contributed by atoms with Crippen LogP contribution in [0.4, 0.5) is 0 Å². The van der Waals surface area contributed by atoms with E-state index in [9.17, 15) is 9.59 Å². The fourth-order valence-electron chi connectivity index (χ4n) is 5.87. The molecular formula is C20H25N3O2S. The normalized spacial score (nSPS) is 32.2. The molecule has 1 heterocycles. The van der Waals surface area contributed by atoms with Gasteiger partial charge in [-0.1, -0.05) is 6.07 Å². The largest absolute Gasteiger partial charge is 0.351 e. The highest BCUT2D eigenvalue weighted by atomic mass is 32.2. The van der Waals surface area contributed by atoms with Gasteiger partial charge in [-0.15, -0.1) is 11.8 Å². The van der Waals surface area contributed by atoms with Gasteiger partial charge in [0.05, 0.1) is 16.8 Å². The molecule has 1 aromatic heterocycles. The molecule has 5 nitrogen and oxygen atoms in total. The second kappa shape index (κ2) is 6.19. The number of thioether (sulfide) groups is 1. The molecule has 4 saturated carbocycles. The first-order chi connectivity index (χ1) is 12.6. The zero-order chi connectivity index (χ0) is 17.7. The molecule has 0 unspecified atom stereocenters. The monoisotopic (exact) mass is 371 g/mol. The fraction of sp³-hybridized carbons (Fsp3) is 0.600. The lowest BCUT2D eigenvalue weighted by Gasteiger charge is -2.56. The maximum atomic E-state index is 12.4. The number of fused-ring (bicyclic) bond motifs is 1. The Morgan fingerprint density at radius 1 is 1.08 bits per heavy atom. The summed E-state index contributed by atoms with van der Waals surface area (Å²) in [6, 6.07) is 5.73. The van der Waals surface area contributed by atoms with Crippen molar-refractivity contribution in [2.24, 2.45) is 17.8 Å². The highest BCUT2D eigenvalue weighted by molar-refractivity contribution is 8.01. The number of rotatable bonds is 5. The van der Waals surface area contributed by atoms with Crippen LogP contribution in [0, 0.1) is 17.8 Å². The summed E-state index contributed by atoms with van der Waals surface area (Å²) in [5.74, 6) is 3.45. The Morgan fingerprint density at radius 3 is 2.42 bits per heavy atom.